The fourth-order valence-corrected chi connectivity index (χ4v) is 3.26. The van der Waals surface area contributed by atoms with Crippen molar-refractivity contribution in [1.82, 2.24) is 25.3 Å². The van der Waals surface area contributed by atoms with Crippen molar-refractivity contribution in [3.05, 3.63) is 23.5 Å². The maximum atomic E-state index is 12.5. The van der Waals surface area contributed by atoms with Crippen LogP contribution >= 0.6 is 0 Å². The van der Waals surface area contributed by atoms with Gasteiger partial charge in [0.15, 0.2) is 12.4 Å². The first kappa shape index (κ1) is 22.9. The number of hydrogen-bond acceptors (Lipinski definition) is 7. The van der Waals surface area contributed by atoms with Crippen LogP contribution in [-0.4, -0.2) is 63.0 Å². The SMILES string of the molecule is Cn1nc(OCC(F)(F)F)cc1C(=O)Nc1cc([C@@H]2C[C@H](OC(=O)NC3(C)CC3)CO2)[nH]n1. The van der Waals surface area contributed by atoms with Crippen molar-refractivity contribution < 1.29 is 37.0 Å². The van der Waals surface area contributed by atoms with Gasteiger partial charge in [-0.3, -0.25) is 14.6 Å². The van der Waals surface area contributed by atoms with Crippen LogP contribution < -0.4 is 15.4 Å². The summed E-state index contributed by atoms with van der Waals surface area (Å²) in [5.41, 5.74) is 0.383. The molecule has 14 heteroatoms. The fourth-order valence-electron chi connectivity index (χ4n) is 3.26. The van der Waals surface area contributed by atoms with Gasteiger partial charge in [0.05, 0.1) is 12.3 Å². The van der Waals surface area contributed by atoms with Gasteiger partial charge in [0.2, 0.25) is 5.88 Å². The second-order valence-corrected chi connectivity index (χ2v) is 8.33. The Kier molecular flexibility index (Phi) is 5.95. The number of carbonyl (C=O) groups is 2. The molecule has 2 atom stereocenters. The molecular weight excluding hydrogens is 449 g/mol. The molecule has 0 radical (unpaired) electrons. The van der Waals surface area contributed by atoms with E-state index in [4.69, 9.17) is 9.47 Å². The lowest BCUT2D eigenvalue weighted by atomic mass is 10.1. The number of ether oxygens (including phenoxy) is 3. The number of rotatable bonds is 7. The number of alkyl carbamates (subject to hydrolysis) is 1. The van der Waals surface area contributed by atoms with Crippen molar-refractivity contribution >= 4 is 17.8 Å². The summed E-state index contributed by atoms with van der Waals surface area (Å²) in [4.78, 5) is 24.4. The van der Waals surface area contributed by atoms with Crippen LogP contribution in [0.5, 0.6) is 5.88 Å². The number of alkyl halides is 3. The molecule has 1 aliphatic carbocycles. The first-order valence-corrected chi connectivity index (χ1v) is 10.2. The average molecular weight is 472 g/mol. The lowest BCUT2D eigenvalue weighted by Gasteiger charge is -2.15. The highest BCUT2D eigenvalue weighted by Crippen LogP contribution is 2.35. The number of halogens is 3. The Morgan fingerprint density at radius 3 is 2.82 bits per heavy atom. The summed E-state index contributed by atoms with van der Waals surface area (Å²) < 4.78 is 53.6. The molecule has 0 spiro atoms. The van der Waals surface area contributed by atoms with Gasteiger partial charge >= 0.3 is 12.3 Å². The molecule has 2 aromatic heterocycles. The normalized spacial score (nSPS) is 21.5. The van der Waals surface area contributed by atoms with Gasteiger partial charge in [-0.15, -0.1) is 5.10 Å². The first-order valence-electron chi connectivity index (χ1n) is 10.2. The Labute approximate surface area is 185 Å². The smallest absolute Gasteiger partial charge is 0.422 e. The Bertz CT molecular complexity index is 1030. The molecule has 4 rings (SSSR count). The van der Waals surface area contributed by atoms with Crippen molar-refractivity contribution in [1.29, 1.82) is 0 Å². The van der Waals surface area contributed by atoms with E-state index in [0.29, 0.717) is 12.1 Å². The van der Waals surface area contributed by atoms with Gasteiger partial charge in [-0.25, -0.2) is 4.79 Å². The van der Waals surface area contributed by atoms with E-state index in [2.05, 4.69) is 30.7 Å². The molecular formula is C19H23F3N6O5. The Hall–Kier alpha value is -3.29. The van der Waals surface area contributed by atoms with Gasteiger partial charge in [-0.05, 0) is 19.8 Å². The number of carbonyl (C=O) groups excluding carboxylic acids is 2. The lowest BCUT2D eigenvalue weighted by Crippen LogP contribution is -2.37. The minimum atomic E-state index is -4.52. The predicted octanol–water partition coefficient (Wildman–Crippen LogP) is 2.45. The predicted molar refractivity (Wildman–Crippen MR) is 106 cm³/mol. The molecule has 2 amide bonds. The number of anilines is 1. The summed E-state index contributed by atoms with van der Waals surface area (Å²) in [6.45, 7) is 0.663. The highest BCUT2D eigenvalue weighted by atomic mass is 19.4. The molecule has 1 saturated heterocycles. The molecule has 1 saturated carbocycles. The monoisotopic (exact) mass is 472 g/mol. The van der Waals surface area contributed by atoms with E-state index in [9.17, 15) is 22.8 Å². The minimum Gasteiger partial charge on any atom is -0.467 e. The molecule has 2 fully saturated rings. The van der Waals surface area contributed by atoms with Gasteiger partial charge in [-0.1, -0.05) is 0 Å². The third-order valence-electron chi connectivity index (χ3n) is 5.30. The van der Waals surface area contributed by atoms with Crippen molar-refractivity contribution in [3.63, 3.8) is 0 Å². The van der Waals surface area contributed by atoms with Crippen LogP contribution in [0.1, 0.15) is 48.5 Å². The standard InChI is InChI=1S/C19H23F3N6O5/c1-18(3-4-18)24-17(30)33-10-5-13(31-8-10)11-6-14(26-25-11)23-16(29)12-7-15(27-28(12)2)32-9-19(20,21)22/h6-7,10,13H,3-5,8-9H2,1-2H3,(H,24,30)(H2,23,25,26,29)/t10-,13-/m0/s1. The number of aromatic amines is 1. The van der Waals surface area contributed by atoms with Crippen LogP contribution in [-0.2, 0) is 16.5 Å². The summed E-state index contributed by atoms with van der Waals surface area (Å²) in [5, 5.41) is 15.9. The third-order valence-corrected chi connectivity index (χ3v) is 5.30. The van der Waals surface area contributed by atoms with Crippen LogP contribution in [0.4, 0.5) is 23.8 Å². The quantitative estimate of drug-likeness (QED) is 0.564. The van der Waals surface area contributed by atoms with E-state index >= 15 is 0 Å². The Morgan fingerprint density at radius 2 is 2.12 bits per heavy atom. The fraction of sp³-hybridized carbons (Fsp3) is 0.579. The zero-order chi connectivity index (χ0) is 23.8. The van der Waals surface area contributed by atoms with Crippen LogP contribution in [0, 0.1) is 0 Å². The molecule has 11 nitrogen and oxygen atoms in total. The third kappa shape index (κ3) is 5.94. The molecule has 2 aromatic rings. The number of amides is 2. The van der Waals surface area contributed by atoms with Gasteiger partial charge in [0, 0.05) is 31.1 Å². The highest BCUT2D eigenvalue weighted by molar-refractivity contribution is 6.02. The van der Waals surface area contributed by atoms with Crippen molar-refractivity contribution in [2.45, 2.75) is 50.1 Å². The van der Waals surface area contributed by atoms with Gasteiger partial charge < -0.3 is 24.8 Å². The van der Waals surface area contributed by atoms with Crippen LogP contribution in [0.3, 0.4) is 0 Å². The van der Waals surface area contributed by atoms with Gasteiger partial charge in [0.1, 0.15) is 17.9 Å². The van der Waals surface area contributed by atoms with E-state index in [-0.39, 0.29) is 29.5 Å². The number of aromatic nitrogens is 4. The van der Waals surface area contributed by atoms with E-state index in [1.54, 1.807) is 6.07 Å². The van der Waals surface area contributed by atoms with E-state index in [1.807, 2.05) is 6.92 Å². The number of nitrogens with zero attached hydrogens (tertiary/aromatic N) is 3. The maximum Gasteiger partial charge on any atom is 0.422 e. The molecule has 1 aliphatic heterocycles. The van der Waals surface area contributed by atoms with Crippen molar-refractivity contribution in [2.24, 2.45) is 7.05 Å². The summed E-state index contributed by atoms with van der Waals surface area (Å²) in [5.74, 6) is -0.780. The summed E-state index contributed by atoms with van der Waals surface area (Å²) in [6, 6.07) is 2.66. The summed E-state index contributed by atoms with van der Waals surface area (Å²) >= 11 is 0. The Balaban J connectivity index is 1.29. The first-order chi connectivity index (χ1) is 15.5. The number of nitrogens with one attached hydrogen (secondary N) is 3. The largest absolute Gasteiger partial charge is 0.467 e. The van der Waals surface area contributed by atoms with Crippen LogP contribution in [0.15, 0.2) is 12.1 Å². The van der Waals surface area contributed by atoms with E-state index < -0.39 is 37.0 Å². The second-order valence-electron chi connectivity index (χ2n) is 8.33. The van der Waals surface area contributed by atoms with Gasteiger partial charge in [-0.2, -0.15) is 18.3 Å². The molecule has 33 heavy (non-hydrogen) atoms. The molecule has 3 N–H and O–H groups in total. The molecule has 0 aromatic carbocycles. The van der Waals surface area contributed by atoms with Crippen molar-refractivity contribution in [3.8, 4) is 5.88 Å². The number of H-pyrrole nitrogens is 1. The van der Waals surface area contributed by atoms with Crippen LogP contribution in [0.25, 0.3) is 0 Å². The average Bonchev–Trinajstić information content (AvgIpc) is 3.12. The zero-order valence-electron chi connectivity index (χ0n) is 17.9. The molecule has 0 bridgehead atoms. The molecule has 180 valence electrons. The number of hydrogen-bond donors (Lipinski definition) is 3. The zero-order valence-corrected chi connectivity index (χ0v) is 17.9. The second kappa shape index (κ2) is 8.57. The van der Waals surface area contributed by atoms with Crippen LogP contribution in [0.2, 0.25) is 0 Å². The highest BCUT2D eigenvalue weighted by Gasteiger charge is 2.40. The van der Waals surface area contributed by atoms with E-state index in [1.165, 1.54) is 7.05 Å². The van der Waals surface area contributed by atoms with Gasteiger partial charge in [0.25, 0.3) is 5.91 Å². The molecule has 3 heterocycles. The lowest BCUT2D eigenvalue weighted by molar-refractivity contribution is -0.154. The minimum absolute atomic E-state index is 0.0160. The van der Waals surface area contributed by atoms with E-state index in [0.717, 1.165) is 23.6 Å². The van der Waals surface area contributed by atoms with Crippen molar-refractivity contribution in [2.75, 3.05) is 18.5 Å². The maximum absolute atomic E-state index is 12.5. The summed E-state index contributed by atoms with van der Waals surface area (Å²) in [7, 11) is 1.40. The molecule has 2 aliphatic rings. The number of aryl methyl sites for hydroxylation is 1. The topological polar surface area (TPSA) is 132 Å². The molecule has 0 unspecified atom stereocenters. The summed E-state index contributed by atoms with van der Waals surface area (Å²) in [6.07, 6.45) is -3.54. The Morgan fingerprint density at radius 1 is 1.36 bits per heavy atom.